The van der Waals surface area contributed by atoms with Gasteiger partial charge in [0.25, 0.3) is 0 Å². The molecule has 2 aromatic rings. The molecule has 0 radical (unpaired) electrons. The predicted octanol–water partition coefficient (Wildman–Crippen LogP) is 1.65. The monoisotopic (exact) mass is 318 g/mol. The molecule has 6 nitrogen and oxygen atoms in total. The number of rotatable bonds is 7. The van der Waals surface area contributed by atoms with Crippen molar-refractivity contribution in [2.75, 3.05) is 40.4 Å². The zero-order valence-corrected chi connectivity index (χ0v) is 14.0. The minimum Gasteiger partial charge on any atom is -0.493 e. The first-order chi connectivity index (χ1) is 11.3. The number of ether oxygens (including phenoxy) is 2. The van der Waals surface area contributed by atoms with Gasteiger partial charge in [-0.25, -0.2) is 4.98 Å². The van der Waals surface area contributed by atoms with Gasteiger partial charge in [-0.1, -0.05) is 0 Å². The summed E-state index contributed by atoms with van der Waals surface area (Å²) in [6.07, 6.45) is 3.40. The van der Waals surface area contributed by atoms with Gasteiger partial charge in [0.05, 0.1) is 25.3 Å². The molecule has 0 atom stereocenters. The van der Waals surface area contributed by atoms with E-state index in [1.54, 1.807) is 14.2 Å². The van der Waals surface area contributed by atoms with Crippen molar-refractivity contribution in [2.45, 2.75) is 25.8 Å². The lowest BCUT2D eigenvalue weighted by Crippen LogP contribution is -2.25. The summed E-state index contributed by atoms with van der Waals surface area (Å²) in [5, 5.41) is 0. The molecule has 1 aliphatic rings. The predicted molar refractivity (Wildman–Crippen MR) is 91.3 cm³/mol. The molecule has 1 aliphatic heterocycles. The molecular weight excluding hydrogens is 292 g/mol. The van der Waals surface area contributed by atoms with Crippen LogP contribution in [0.4, 0.5) is 0 Å². The van der Waals surface area contributed by atoms with E-state index in [1.807, 2.05) is 12.1 Å². The van der Waals surface area contributed by atoms with E-state index in [2.05, 4.69) is 9.47 Å². The Morgan fingerprint density at radius 1 is 1.09 bits per heavy atom. The van der Waals surface area contributed by atoms with Gasteiger partial charge in [0.1, 0.15) is 5.82 Å². The third-order valence-corrected chi connectivity index (χ3v) is 4.54. The lowest BCUT2D eigenvalue weighted by atomic mass is 10.2. The Labute approximate surface area is 137 Å². The van der Waals surface area contributed by atoms with Crippen molar-refractivity contribution in [1.29, 1.82) is 0 Å². The van der Waals surface area contributed by atoms with Crippen molar-refractivity contribution < 1.29 is 9.47 Å². The first-order valence-electron chi connectivity index (χ1n) is 8.30. The van der Waals surface area contributed by atoms with Gasteiger partial charge in [-0.05, 0) is 32.5 Å². The van der Waals surface area contributed by atoms with E-state index >= 15 is 0 Å². The zero-order valence-electron chi connectivity index (χ0n) is 14.0. The fraction of sp³-hybridized carbons (Fsp3) is 0.588. The van der Waals surface area contributed by atoms with Crippen molar-refractivity contribution in [2.24, 2.45) is 5.73 Å². The second-order valence-electron chi connectivity index (χ2n) is 5.96. The lowest BCUT2D eigenvalue weighted by Gasteiger charge is -2.17. The summed E-state index contributed by atoms with van der Waals surface area (Å²) in [6.45, 7) is 4.99. The van der Waals surface area contributed by atoms with Gasteiger partial charge in [-0.15, -0.1) is 0 Å². The van der Waals surface area contributed by atoms with Crippen LogP contribution in [0.2, 0.25) is 0 Å². The highest BCUT2D eigenvalue weighted by Gasteiger charge is 2.17. The van der Waals surface area contributed by atoms with Gasteiger partial charge in [0.15, 0.2) is 11.5 Å². The highest BCUT2D eigenvalue weighted by molar-refractivity contribution is 5.80. The van der Waals surface area contributed by atoms with Gasteiger partial charge in [0, 0.05) is 31.6 Å². The van der Waals surface area contributed by atoms with Gasteiger partial charge in [-0.2, -0.15) is 0 Å². The van der Waals surface area contributed by atoms with Crippen molar-refractivity contribution in [3.8, 4) is 11.5 Å². The van der Waals surface area contributed by atoms with Crippen molar-refractivity contribution in [3.05, 3.63) is 18.0 Å². The van der Waals surface area contributed by atoms with E-state index in [0.29, 0.717) is 12.3 Å². The highest BCUT2D eigenvalue weighted by Crippen LogP contribution is 2.32. The van der Waals surface area contributed by atoms with E-state index in [-0.39, 0.29) is 0 Å². The van der Waals surface area contributed by atoms with Crippen LogP contribution in [0, 0.1) is 0 Å². The normalized spacial score (nSPS) is 15.4. The third-order valence-electron chi connectivity index (χ3n) is 4.54. The molecule has 0 saturated carbocycles. The van der Waals surface area contributed by atoms with Crippen LogP contribution in [0.3, 0.4) is 0 Å². The number of hydrogen-bond donors (Lipinski definition) is 1. The first kappa shape index (κ1) is 16.1. The molecular formula is C17H26N4O2. The van der Waals surface area contributed by atoms with E-state index in [9.17, 15) is 0 Å². The highest BCUT2D eigenvalue weighted by atomic mass is 16.5. The quantitative estimate of drug-likeness (QED) is 0.841. The standard InChI is InChI=1S/C17H26N4O2/c1-22-15-11-13-14(12-16(15)23-2)21(17(19-13)5-6-18)10-9-20-7-3-4-8-20/h11-12H,3-10,18H2,1-2H3. The number of hydrogen-bond acceptors (Lipinski definition) is 5. The van der Waals surface area contributed by atoms with E-state index in [4.69, 9.17) is 20.2 Å². The third kappa shape index (κ3) is 3.28. The molecule has 2 heterocycles. The molecule has 0 unspecified atom stereocenters. The van der Waals surface area contributed by atoms with Crippen molar-refractivity contribution in [3.63, 3.8) is 0 Å². The second kappa shape index (κ2) is 7.19. The molecule has 23 heavy (non-hydrogen) atoms. The maximum atomic E-state index is 5.77. The van der Waals surface area contributed by atoms with Crippen LogP contribution in [0.5, 0.6) is 11.5 Å². The summed E-state index contributed by atoms with van der Waals surface area (Å²) in [5.74, 6) is 2.49. The van der Waals surface area contributed by atoms with Crippen LogP contribution in [0.1, 0.15) is 18.7 Å². The molecule has 1 saturated heterocycles. The summed E-state index contributed by atoms with van der Waals surface area (Å²) in [6, 6.07) is 3.96. The van der Waals surface area contributed by atoms with Crippen LogP contribution in [-0.4, -0.2) is 54.8 Å². The average Bonchev–Trinajstić information content (AvgIpc) is 3.19. The molecule has 3 rings (SSSR count). The zero-order chi connectivity index (χ0) is 16.2. The number of likely N-dealkylation sites (tertiary alicyclic amines) is 1. The summed E-state index contributed by atoms with van der Waals surface area (Å²) >= 11 is 0. The Morgan fingerprint density at radius 3 is 2.43 bits per heavy atom. The van der Waals surface area contributed by atoms with Gasteiger partial charge < -0.3 is 24.7 Å². The van der Waals surface area contributed by atoms with E-state index in [0.717, 1.165) is 42.1 Å². The smallest absolute Gasteiger partial charge is 0.163 e. The molecule has 0 amide bonds. The van der Waals surface area contributed by atoms with Crippen molar-refractivity contribution in [1.82, 2.24) is 14.5 Å². The Bertz CT molecular complexity index is 662. The summed E-state index contributed by atoms with van der Waals surface area (Å²) in [4.78, 5) is 7.27. The molecule has 0 bridgehead atoms. The molecule has 6 heteroatoms. The van der Waals surface area contributed by atoms with Crippen LogP contribution in [0.25, 0.3) is 11.0 Å². The minimum atomic E-state index is 0.599. The molecule has 2 N–H and O–H groups in total. The number of nitrogens with two attached hydrogens (primary N) is 1. The number of nitrogens with zero attached hydrogens (tertiary/aromatic N) is 3. The second-order valence-corrected chi connectivity index (χ2v) is 5.96. The van der Waals surface area contributed by atoms with Gasteiger partial charge in [-0.3, -0.25) is 0 Å². The SMILES string of the molecule is COc1cc2nc(CCN)n(CCN3CCCC3)c2cc1OC. The lowest BCUT2D eigenvalue weighted by molar-refractivity contribution is 0.322. The molecule has 0 aliphatic carbocycles. The number of benzene rings is 1. The van der Waals surface area contributed by atoms with Crippen LogP contribution in [-0.2, 0) is 13.0 Å². The Morgan fingerprint density at radius 2 is 1.78 bits per heavy atom. The number of methoxy groups -OCH3 is 2. The summed E-state index contributed by atoms with van der Waals surface area (Å²) < 4.78 is 13.1. The largest absolute Gasteiger partial charge is 0.493 e. The topological polar surface area (TPSA) is 65.5 Å². The van der Waals surface area contributed by atoms with Crippen LogP contribution in [0.15, 0.2) is 12.1 Å². The molecule has 1 aromatic carbocycles. The maximum absolute atomic E-state index is 5.77. The summed E-state index contributed by atoms with van der Waals surface area (Å²) in [5.41, 5.74) is 7.79. The molecule has 1 fully saturated rings. The fourth-order valence-corrected chi connectivity index (χ4v) is 3.32. The molecule has 0 spiro atoms. The van der Waals surface area contributed by atoms with Crippen LogP contribution >= 0.6 is 0 Å². The van der Waals surface area contributed by atoms with E-state index < -0.39 is 0 Å². The van der Waals surface area contributed by atoms with Gasteiger partial charge in [0.2, 0.25) is 0 Å². The Kier molecular flexibility index (Phi) is 5.03. The van der Waals surface area contributed by atoms with Crippen LogP contribution < -0.4 is 15.2 Å². The number of aromatic nitrogens is 2. The summed E-state index contributed by atoms with van der Waals surface area (Å²) in [7, 11) is 3.31. The number of imidazole rings is 1. The Balaban J connectivity index is 1.95. The minimum absolute atomic E-state index is 0.599. The van der Waals surface area contributed by atoms with Gasteiger partial charge >= 0.3 is 0 Å². The molecule has 1 aromatic heterocycles. The van der Waals surface area contributed by atoms with E-state index in [1.165, 1.54) is 25.9 Å². The first-order valence-corrected chi connectivity index (χ1v) is 8.30. The molecule has 126 valence electrons. The average molecular weight is 318 g/mol. The Hall–Kier alpha value is -1.79. The van der Waals surface area contributed by atoms with Crippen molar-refractivity contribution >= 4 is 11.0 Å². The number of fused-ring (bicyclic) bond motifs is 1. The maximum Gasteiger partial charge on any atom is 0.163 e. The fourth-order valence-electron chi connectivity index (χ4n) is 3.32.